The molecule has 16 heteroatoms. The molecule has 4 aromatic carbocycles. The molecule has 4 aromatic heterocycles. The zero-order valence-electron chi connectivity index (χ0n) is 38.9. The second-order valence-electron chi connectivity index (χ2n) is 18.3. The average molecular weight is 951 g/mol. The summed E-state index contributed by atoms with van der Waals surface area (Å²) in [7, 11) is -4.35. The number of ether oxygens (including phenoxy) is 2. The van der Waals surface area contributed by atoms with Gasteiger partial charge in [0.05, 0.1) is 58.3 Å². The number of nitrogens with zero attached hydrogens (tertiary/aromatic N) is 4. The Morgan fingerprint density at radius 3 is 1.31 bits per heavy atom. The summed E-state index contributed by atoms with van der Waals surface area (Å²) >= 11 is 0. The molecule has 0 amide bonds. The number of aromatic amines is 2. The fourth-order valence-electron chi connectivity index (χ4n) is 10.1. The van der Waals surface area contributed by atoms with Crippen LogP contribution in [0.25, 0.3) is 65.2 Å². The number of hydrogen-bond acceptors (Lipinski definition) is 10. The van der Waals surface area contributed by atoms with Gasteiger partial charge >= 0.3 is 0 Å². The molecule has 0 atom stereocenters. The van der Waals surface area contributed by atoms with Crippen LogP contribution in [-0.2, 0) is 33.3 Å². The van der Waals surface area contributed by atoms with Crippen LogP contribution in [0.1, 0.15) is 44.9 Å². The third-order valence-corrected chi connectivity index (χ3v) is 13.6. The lowest BCUT2D eigenvalue weighted by Crippen LogP contribution is -2.43. The summed E-state index contributed by atoms with van der Waals surface area (Å²) in [6.45, 7) is 9.21. The van der Waals surface area contributed by atoms with Crippen molar-refractivity contribution >= 4 is 85.4 Å². The molecule has 0 aliphatic carbocycles. The number of nitrogens with one attached hydrogen (secondary N) is 2. The molecule has 0 spiro atoms. The van der Waals surface area contributed by atoms with Crippen molar-refractivity contribution in [1.29, 1.82) is 0 Å². The highest BCUT2D eigenvalue weighted by molar-refractivity contribution is 7.85. The second kappa shape index (κ2) is 20.9. The Hall–Kier alpha value is -5.36. The summed E-state index contributed by atoms with van der Waals surface area (Å²) < 4.78 is 70.4. The van der Waals surface area contributed by atoms with Crippen LogP contribution in [0.3, 0.4) is 0 Å². The summed E-state index contributed by atoms with van der Waals surface area (Å²) in [6, 6.07) is 26.0. The standard InChI is InChI=1S/C49H54N6O2.2CH4O3S/c1-56-38-8-12-44-40(30-38)48-42-32-54(24-18-36(42)6-10-46(48)50-44)28-26-52-20-14-34(15-21-52)4-3-5-35-16-22-53(23-17-35)27-29-55-25-19-37-7-11-47-49(43(37)33-55)41-31-39(57-2)9-13-45(41)51-47;2*1-5(2,3)4/h6-13,18-19,24-25,30-35H,3-5,14-17,20-23,26-29H2,1-2H3;2*1H3,(H,2,3,4). The first-order valence-corrected chi connectivity index (χ1v) is 26.8. The van der Waals surface area contributed by atoms with Crippen molar-refractivity contribution in [2.45, 2.75) is 58.0 Å². The third kappa shape index (κ3) is 12.6. The zero-order chi connectivity index (χ0) is 47.3. The van der Waals surface area contributed by atoms with Crippen LogP contribution in [0.15, 0.2) is 97.6 Å². The lowest BCUT2D eigenvalue weighted by atomic mass is 9.87. The highest BCUT2D eigenvalue weighted by atomic mass is 32.2. The number of piperidine rings is 2. The number of rotatable bonds is 12. The van der Waals surface area contributed by atoms with Crippen molar-refractivity contribution in [2.24, 2.45) is 11.8 Å². The van der Waals surface area contributed by atoms with E-state index in [1.807, 2.05) is 12.1 Å². The first-order valence-electron chi connectivity index (χ1n) is 23.2. The van der Waals surface area contributed by atoms with Gasteiger partial charge in [0, 0.05) is 68.3 Å². The van der Waals surface area contributed by atoms with E-state index in [9.17, 15) is 0 Å². The molecule has 2 aliphatic heterocycles. The van der Waals surface area contributed by atoms with E-state index in [4.69, 9.17) is 35.4 Å². The number of pyridine rings is 2. The lowest BCUT2D eigenvalue weighted by Gasteiger charge is -2.33. The Morgan fingerprint density at radius 2 is 0.940 bits per heavy atom. The minimum atomic E-state index is -3.92. The summed E-state index contributed by atoms with van der Waals surface area (Å²) in [6.07, 6.45) is 20.1. The van der Waals surface area contributed by atoms with Crippen LogP contribution in [0.4, 0.5) is 0 Å². The van der Waals surface area contributed by atoms with Crippen molar-refractivity contribution < 1.29 is 44.5 Å². The second-order valence-corrected chi connectivity index (χ2v) is 21.1. The highest BCUT2D eigenvalue weighted by Gasteiger charge is 2.23. The van der Waals surface area contributed by atoms with E-state index in [1.165, 1.54) is 125 Å². The van der Waals surface area contributed by atoms with Crippen molar-refractivity contribution in [3.8, 4) is 11.5 Å². The Bertz CT molecular complexity index is 3000. The van der Waals surface area contributed by atoms with E-state index < -0.39 is 20.2 Å². The van der Waals surface area contributed by atoms with Crippen molar-refractivity contribution in [2.75, 3.05) is 66.0 Å². The molecule has 0 saturated carbocycles. The van der Waals surface area contributed by atoms with Gasteiger partial charge in [0.2, 0.25) is 0 Å². The van der Waals surface area contributed by atoms with E-state index in [0.29, 0.717) is 12.5 Å². The number of benzene rings is 4. The molecule has 6 heterocycles. The van der Waals surface area contributed by atoms with Gasteiger partial charge in [-0.05, 0) is 123 Å². The number of hydrogen-bond donors (Lipinski definition) is 2. The summed E-state index contributed by atoms with van der Waals surface area (Å²) in [5, 5.41) is 10.2. The summed E-state index contributed by atoms with van der Waals surface area (Å²) in [5.41, 5.74) is 4.66. The molecule has 2 N–H and O–H groups in total. The molecule has 0 unspecified atom stereocenters. The van der Waals surface area contributed by atoms with Gasteiger partial charge in [0.25, 0.3) is 0 Å². The maximum absolute atomic E-state index is 9.08. The largest absolute Gasteiger partial charge is 0.748 e. The molecule has 14 nitrogen and oxygen atoms in total. The number of aromatic nitrogens is 4. The van der Waals surface area contributed by atoms with E-state index in [0.717, 1.165) is 60.5 Å². The molecular weight excluding hydrogens is 889 g/mol. The fraction of sp³-hybridized carbons (Fsp3) is 0.412. The van der Waals surface area contributed by atoms with Crippen LogP contribution in [0.2, 0.25) is 0 Å². The van der Waals surface area contributed by atoms with Gasteiger partial charge in [-0.2, -0.15) is 0 Å². The maximum Gasteiger partial charge on any atom is 0.177 e. The van der Waals surface area contributed by atoms with Gasteiger partial charge in [-0.1, -0.05) is 31.4 Å². The summed E-state index contributed by atoms with van der Waals surface area (Å²) in [4.78, 5) is 12.6. The Balaban J connectivity index is 0.000000553. The number of likely N-dealkylation sites (tertiary alicyclic amines) is 2. The zero-order valence-corrected chi connectivity index (χ0v) is 40.5. The third-order valence-electron chi connectivity index (χ3n) is 13.6. The van der Waals surface area contributed by atoms with Gasteiger partial charge < -0.3 is 28.5 Å². The summed E-state index contributed by atoms with van der Waals surface area (Å²) in [5.74, 6) is 3.58. The van der Waals surface area contributed by atoms with E-state index in [2.05, 4.69) is 114 Å². The van der Waals surface area contributed by atoms with Gasteiger partial charge in [-0.15, -0.1) is 0 Å². The van der Waals surface area contributed by atoms with Gasteiger partial charge in [0.15, 0.2) is 37.9 Å². The predicted molar refractivity (Wildman–Crippen MR) is 264 cm³/mol. The molecule has 67 heavy (non-hydrogen) atoms. The average Bonchev–Trinajstić information content (AvgIpc) is 3.88. The van der Waals surface area contributed by atoms with Gasteiger partial charge in [-0.25, -0.2) is 26.0 Å². The van der Waals surface area contributed by atoms with Crippen molar-refractivity contribution in [1.82, 2.24) is 19.8 Å². The molecule has 356 valence electrons. The minimum Gasteiger partial charge on any atom is -0.748 e. The first kappa shape index (κ1) is 48.1. The van der Waals surface area contributed by atoms with E-state index >= 15 is 0 Å². The molecule has 10 rings (SSSR count). The number of H-pyrrole nitrogens is 2. The monoisotopic (exact) mass is 950 g/mol. The fourth-order valence-corrected chi connectivity index (χ4v) is 10.1. The van der Waals surface area contributed by atoms with E-state index in [-0.39, 0.29) is 0 Å². The smallest absolute Gasteiger partial charge is 0.177 e. The number of methoxy groups -OCH3 is 2. The molecule has 8 aromatic rings. The predicted octanol–water partition coefficient (Wildman–Crippen LogP) is 7.47. The van der Waals surface area contributed by atoms with Crippen LogP contribution in [0.5, 0.6) is 11.5 Å². The quantitative estimate of drug-likeness (QED) is 0.0922. The topological polar surface area (TPSA) is 179 Å². The van der Waals surface area contributed by atoms with E-state index in [1.54, 1.807) is 14.2 Å². The molecule has 0 bridgehead atoms. The lowest BCUT2D eigenvalue weighted by molar-refractivity contribution is -0.695. The minimum absolute atomic E-state index is 0.604. The first-order chi connectivity index (χ1) is 32.1. The molecule has 2 saturated heterocycles. The van der Waals surface area contributed by atoms with Crippen LogP contribution in [0, 0.1) is 11.8 Å². The van der Waals surface area contributed by atoms with Gasteiger partial charge in [0.1, 0.15) is 11.5 Å². The Labute approximate surface area is 393 Å². The molecule has 0 radical (unpaired) electrons. The molecular formula is C51H62N6O8S2. The highest BCUT2D eigenvalue weighted by Crippen LogP contribution is 2.35. The normalized spacial score (nSPS) is 15.9. The van der Waals surface area contributed by atoms with Crippen LogP contribution in [-0.4, -0.2) is 112 Å². The van der Waals surface area contributed by atoms with Gasteiger partial charge in [-0.3, -0.25) is 9.80 Å². The SMILES string of the molecule is COc1ccc2[nH]c3ccc4cc[n+](CCN5CCC(CCCC6CCN(CC[n+]7ccc8ccc9[nH]c%10ccc(OC)cc%10c9c8c7)CC6)CC5)cc4c3c2c1.CS(=O)(=O)[O-].CS(=O)(=O)[O-]. The Morgan fingerprint density at radius 1 is 0.567 bits per heavy atom. The van der Waals surface area contributed by atoms with Crippen molar-refractivity contribution in [3.05, 3.63) is 97.6 Å². The van der Waals surface area contributed by atoms with Crippen molar-refractivity contribution in [3.63, 3.8) is 0 Å². The maximum atomic E-state index is 9.08. The molecule has 2 fully saturated rings. The van der Waals surface area contributed by atoms with Crippen LogP contribution >= 0.6 is 0 Å². The molecule has 2 aliphatic rings. The number of fused-ring (bicyclic) bond motifs is 10. The Kier molecular flexibility index (Phi) is 15.0. The van der Waals surface area contributed by atoms with Crippen LogP contribution < -0.4 is 18.6 Å².